The van der Waals surface area contributed by atoms with Crippen molar-refractivity contribution in [1.82, 2.24) is 14.8 Å². The van der Waals surface area contributed by atoms with Crippen molar-refractivity contribution < 1.29 is 18.0 Å². The summed E-state index contributed by atoms with van der Waals surface area (Å²) in [7, 11) is 0. The van der Waals surface area contributed by atoms with Gasteiger partial charge in [-0.05, 0) is 23.8 Å². The Morgan fingerprint density at radius 1 is 1.07 bits per heavy atom. The standard InChI is InChI=1S/C20H11Cl2F3N4O/c21-11-2-1-10(14(22)5-11)9-29-17-8-26-4-3-13(17)18(28-29)20(30)27-19-15(24)6-12(23)7-16(19)25/h1-8H,9H2,(H,27,30). The van der Waals surface area contributed by atoms with Gasteiger partial charge in [0.2, 0.25) is 0 Å². The highest BCUT2D eigenvalue weighted by molar-refractivity contribution is 6.35. The Balaban J connectivity index is 1.72. The molecule has 2 aromatic carbocycles. The highest BCUT2D eigenvalue weighted by Crippen LogP contribution is 2.26. The summed E-state index contributed by atoms with van der Waals surface area (Å²) in [5, 5.41) is 7.69. The van der Waals surface area contributed by atoms with Crippen LogP contribution in [0.3, 0.4) is 0 Å². The average molecular weight is 451 g/mol. The third-order valence-corrected chi connectivity index (χ3v) is 4.94. The summed E-state index contributed by atoms with van der Waals surface area (Å²) < 4.78 is 42.4. The molecule has 5 nitrogen and oxygen atoms in total. The number of halogens is 5. The van der Waals surface area contributed by atoms with E-state index >= 15 is 0 Å². The third kappa shape index (κ3) is 3.83. The van der Waals surface area contributed by atoms with Crippen LogP contribution in [-0.4, -0.2) is 20.7 Å². The molecule has 4 aromatic rings. The van der Waals surface area contributed by atoms with E-state index in [0.717, 1.165) is 0 Å². The molecule has 0 unspecified atom stereocenters. The Morgan fingerprint density at radius 2 is 1.80 bits per heavy atom. The molecular weight excluding hydrogens is 440 g/mol. The fourth-order valence-electron chi connectivity index (χ4n) is 2.95. The third-order valence-electron chi connectivity index (χ3n) is 4.35. The molecule has 0 saturated heterocycles. The van der Waals surface area contributed by atoms with Crippen LogP contribution in [0.1, 0.15) is 16.1 Å². The number of hydrogen-bond acceptors (Lipinski definition) is 3. The van der Waals surface area contributed by atoms with Gasteiger partial charge >= 0.3 is 0 Å². The number of hydrogen-bond donors (Lipinski definition) is 1. The first kappa shape index (κ1) is 20.2. The molecule has 4 rings (SSSR count). The van der Waals surface area contributed by atoms with Gasteiger partial charge in [0.1, 0.15) is 11.5 Å². The second kappa shape index (κ2) is 7.97. The number of benzene rings is 2. The minimum absolute atomic E-state index is 0.0828. The van der Waals surface area contributed by atoms with Crippen LogP contribution in [0.25, 0.3) is 10.9 Å². The summed E-state index contributed by atoms with van der Waals surface area (Å²) in [6.45, 7) is 0.199. The Morgan fingerprint density at radius 3 is 2.50 bits per heavy atom. The van der Waals surface area contributed by atoms with E-state index in [-0.39, 0.29) is 12.2 Å². The van der Waals surface area contributed by atoms with Crippen molar-refractivity contribution >= 4 is 45.7 Å². The Labute approximate surface area is 178 Å². The lowest BCUT2D eigenvalue weighted by atomic mass is 10.2. The number of nitrogens with one attached hydrogen (secondary N) is 1. The topological polar surface area (TPSA) is 59.8 Å². The molecule has 2 aromatic heterocycles. The molecule has 0 aliphatic heterocycles. The van der Waals surface area contributed by atoms with Gasteiger partial charge in [-0.25, -0.2) is 13.2 Å². The van der Waals surface area contributed by atoms with Gasteiger partial charge < -0.3 is 5.32 Å². The molecule has 0 atom stereocenters. The minimum atomic E-state index is -1.24. The molecule has 0 aliphatic rings. The van der Waals surface area contributed by atoms with Crippen molar-refractivity contribution in [1.29, 1.82) is 0 Å². The number of rotatable bonds is 4. The summed E-state index contributed by atoms with van der Waals surface area (Å²) in [4.78, 5) is 16.8. The van der Waals surface area contributed by atoms with Crippen LogP contribution in [-0.2, 0) is 6.54 Å². The second-order valence-corrected chi connectivity index (χ2v) is 7.18. The summed E-state index contributed by atoms with van der Waals surface area (Å²) in [5.74, 6) is -4.43. The van der Waals surface area contributed by atoms with Crippen molar-refractivity contribution in [2.24, 2.45) is 0 Å². The van der Waals surface area contributed by atoms with Crippen LogP contribution < -0.4 is 5.32 Å². The van der Waals surface area contributed by atoms with E-state index in [2.05, 4.69) is 15.4 Å². The fourth-order valence-corrected chi connectivity index (χ4v) is 3.42. The van der Waals surface area contributed by atoms with Gasteiger partial charge in [-0.2, -0.15) is 5.10 Å². The number of anilines is 1. The number of pyridine rings is 1. The van der Waals surface area contributed by atoms with Gasteiger partial charge in [0.25, 0.3) is 5.91 Å². The maximum Gasteiger partial charge on any atom is 0.276 e. The van der Waals surface area contributed by atoms with E-state index in [0.29, 0.717) is 38.6 Å². The van der Waals surface area contributed by atoms with Gasteiger partial charge in [-0.15, -0.1) is 0 Å². The summed E-state index contributed by atoms with van der Waals surface area (Å²) in [6.07, 6.45) is 2.96. The lowest BCUT2D eigenvalue weighted by Crippen LogP contribution is -2.16. The van der Waals surface area contributed by atoms with E-state index in [9.17, 15) is 18.0 Å². The Hall–Kier alpha value is -3.10. The van der Waals surface area contributed by atoms with E-state index in [1.165, 1.54) is 17.1 Å². The second-order valence-electron chi connectivity index (χ2n) is 6.33. The van der Waals surface area contributed by atoms with Gasteiger partial charge in [0.05, 0.1) is 18.3 Å². The highest BCUT2D eigenvalue weighted by atomic mass is 35.5. The molecule has 0 radical (unpaired) electrons. The predicted molar refractivity (Wildman–Crippen MR) is 107 cm³/mol. The number of nitrogens with zero attached hydrogens (tertiary/aromatic N) is 3. The molecular formula is C20H11Cl2F3N4O. The van der Waals surface area contributed by atoms with Crippen molar-refractivity contribution in [2.75, 3.05) is 5.32 Å². The quantitative estimate of drug-likeness (QED) is 0.449. The first-order valence-corrected chi connectivity index (χ1v) is 9.29. The largest absolute Gasteiger partial charge is 0.316 e. The lowest BCUT2D eigenvalue weighted by molar-refractivity contribution is 0.102. The van der Waals surface area contributed by atoms with E-state index < -0.39 is 29.0 Å². The molecule has 0 saturated carbocycles. The van der Waals surface area contributed by atoms with Gasteiger partial charge in [-0.1, -0.05) is 29.3 Å². The molecule has 2 heterocycles. The molecule has 0 bridgehead atoms. The van der Waals surface area contributed by atoms with Crippen LogP contribution in [0.2, 0.25) is 10.0 Å². The van der Waals surface area contributed by atoms with E-state index in [1.807, 2.05) is 0 Å². The van der Waals surface area contributed by atoms with E-state index in [4.69, 9.17) is 23.2 Å². The average Bonchev–Trinajstić information content (AvgIpc) is 3.05. The molecule has 0 fully saturated rings. The summed E-state index contributed by atoms with van der Waals surface area (Å²) >= 11 is 12.1. The smallest absolute Gasteiger partial charge is 0.276 e. The molecule has 0 aliphatic carbocycles. The number of aromatic nitrogens is 3. The SMILES string of the molecule is O=C(Nc1c(F)cc(F)cc1F)c1nn(Cc2ccc(Cl)cc2Cl)c2cnccc12. The highest BCUT2D eigenvalue weighted by Gasteiger charge is 2.21. The monoisotopic (exact) mass is 450 g/mol. The molecule has 152 valence electrons. The number of amides is 1. The van der Waals surface area contributed by atoms with Crippen molar-refractivity contribution in [2.45, 2.75) is 6.54 Å². The molecule has 30 heavy (non-hydrogen) atoms. The van der Waals surface area contributed by atoms with Crippen LogP contribution in [0.15, 0.2) is 48.8 Å². The summed E-state index contributed by atoms with van der Waals surface area (Å²) in [6, 6.07) is 7.46. The van der Waals surface area contributed by atoms with Crippen molar-refractivity contribution in [3.63, 3.8) is 0 Å². The van der Waals surface area contributed by atoms with Crippen LogP contribution in [0, 0.1) is 17.5 Å². The Kier molecular flexibility index (Phi) is 5.36. The maximum atomic E-state index is 13.9. The molecule has 1 amide bonds. The van der Waals surface area contributed by atoms with Crippen molar-refractivity contribution in [3.05, 3.63) is 87.5 Å². The first-order chi connectivity index (χ1) is 14.3. The van der Waals surface area contributed by atoms with Crippen LogP contribution >= 0.6 is 23.2 Å². The fraction of sp³-hybridized carbons (Fsp3) is 0.0500. The zero-order valence-corrected chi connectivity index (χ0v) is 16.5. The molecule has 1 N–H and O–H groups in total. The lowest BCUT2D eigenvalue weighted by Gasteiger charge is -2.07. The van der Waals surface area contributed by atoms with Crippen molar-refractivity contribution in [3.8, 4) is 0 Å². The molecule has 0 spiro atoms. The maximum absolute atomic E-state index is 13.9. The number of carbonyl (C=O) groups excluding carboxylic acids is 1. The Bertz CT molecular complexity index is 1270. The number of fused-ring (bicyclic) bond motifs is 1. The minimum Gasteiger partial charge on any atom is -0.316 e. The number of carbonyl (C=O) groups is 1. The first-order valence-electron chi connectivity index (χ1n) is 8.54. The normalized spacial score (nSPS) is 11.1. The van der Waals surface area contributed by atoms with Gasteiger partial charge in [-0.3, -0.25) is 14.5 Å². The van der Waals surface area contributed by atoms with Gasteiger partial charge in [0, 0.05) is 33.8 Å². The predicted octanol–water partition coefficient (Wildman–Crippen LogP) is 5.46. The zero-order valence-electron chi connectivity index (χ0n) is 15.0. The van der Waals surface area contributed by atoms with Gasteiger partial charge in [0.15, 0.2) is 17.3 Å². The van der Waals surface area contributed by atoms with Crippen LogP contribution in [0.4, 0.5) is 18.9 Å². The van der Waals surface area contributed by atoms with Crippen LogP contribution in [0.5, 0.6) is 0 Å². The summed E-state index contributed by atoms with van der Waals surface area (Å²) in [5.41, 5.74) is 0.352. The van der Waals surface area contributed by atoms with E-state index in [1.54, 1.807) is 24.3 Å². The molecule has 10 heteroatoms. The zero-order chi connectivity index (χ0) is 21.4.